The lowest BCUT2D eigenvalue weighted by atomic mass is 9.96. The number of ether oxygens (including phenoxy) is 1. The first kappa shape index (κ1) is 13.7. The number of carboxylic acids is 1. The van der Waals surface area contributed by atoms with E-state index in [0.29, 0.717) is 6.61 Å². The lowest BCUT2D eigenvalue weighted by Gasteiger charge is -2.23. The molecule has 17 heavy (non-hydrogen) atoms. The summed E-state index contributed by atoms with van der Waals surface area (Å²) in [6.07, 6.45) is -0.410. The van der Waals surface area contributed by atoms with E-state index >= 15 is 0 Å². The highest BCUT2D eigenvalue weighted by Crippen LogP contribution is 2.14. The lowest BCUT2D eigenvalue weighted by Crippen LogP contribution is -2.41. The van der Waals surface area contributed by atoms with E-state index in [2.05, 4.69) is 0 Å². The molecule has 0 radical (unpaired) electrons. The summed E-state index contributed by atoms with van der Waals surface area (Å²) in [5.41, 5.74) is 6.67. The van der Waals surface area contributed by atoms with Gasteiger partial charge in [-0.2, -0.15) is 0 Å². The highest BCUT2D eigenvalue weighted by molar-refractivity contribution is 5.71. The highest BCUT2D eigenvalue weighted by Gasteiger charge is 2.28. The quantitative estimate of drug-likeness (QED) is 0.789. The largest absolute Gasteiger partial charge is 0.481 e. The van der Waals surface area contributed by atoms with Crippen LogP contribution in [0.15, 0.2) is 30.3 Å². The predicted octanol–water partition coefficient (Wildman–Crippen LogP) is 1.64. The van der Waals surface area contributed by atoms with E-state index in [1.54, 1.807) is 13.8 Å². The van der Waals surface area contributed by atoms with Crippen molar-refractivity contribution in [2.75, 3.05) is 0 Å². The first-order valence-electron chi connectivity index (χ1n) is 5.66. The minimum absolute atomic E-state index is 0.401. The molecule has 0 fully saturated rings. The van der Waals surface area contributed by atoms with Crippen molar-refractivity contribution in [1.82, 2.24) is 0 Å². The maximum absolute atomic E-state index is 11.0. The average molecular weight is 237 g/mol. The predicted molar refractivity (Wildman–Crippen MR) is 65.5 cm³/mol. The lowest BCUT2D eigenvalue weighted by molar-refractivity contribution is -0.148. The second-order valence-corrected chi connectivity index (χ2v) is 4.22. The van der Waals surface area contributed by atoms with Gasteiger partial charge < -0.3 is 15.6 Å². The van der Waals surface area contributed by atoms with Crippen LogP contribution in [0.1, 0.15) is 19.4 Å². The van der Waals surface area contributed by atoms with Crippen LogP contribution in [0.25, 0.3) is 0 Å². The smallest absolute Gasteiger partial charge is 0.310 e. The van der Waals surface area contributed by atoms with E-state index < -0.39 is 24.0 Å². The molecule has 0 amide bonds. The highest BCUT2D eigenvalue weighted by atomic mass is 16.5. The van der Waals surface area contributed by atoms with Crippen molar-refractivity contribution in [1.29, 1.82) is 0 Å². The fourth-order valence-corrected chi connectivity index (χ4v) is 1.76. The van der Waals surface area contributed by atoms with Gasteiger partial charge in [0.05, 0.1) is 18.6 Å². The molecule has 0 aliphatic carbocycles. The van der Waals surface area contributed by atoms with Gasteiger partial charge in [0.25, 0.3) is 0 Å². The van der Waals surface area contributed by atoms with Crippen LogP contribution in [0.5, 0.6) is 0 Å². The Balaban J connectivity index is 2.53. The van der Waals surface area contributed by atoms with Gasteiger partial charge in [-0.15, -0.1) is 0 Å². The van der Waals surface area contributed by atoms with Crippen LogP contribution in [0, 0.1) is 5.92 Å². The van der Waals surface area contributed by atoms with E-state index in [0.717, 1.165) is 5.56 Å². The molecule has 1 aromatic rings. The molecule has 4 nitrogen and oxygen atoms in total. The summed E-state index contributed by atoms with van der Waals surface area (Å²) in [5, 5.41) is 9.05. The first-order chi connectivity index (χ1) is 8.02. The summed E-state index contributed by atoms with van der Waals surface area (Å²) in [5.74, 6) is -1.60. The van der Waals surface area contributed by atoms with Crippen molar-refractivity contribution in [3.05, 3.63) is 35.9 Å². The third kappa shape index (κ3) is 4.17. The Labute approximate surface area is 101 Å². The van der Waals surface area contributed by atoms with Crippen LogP contribution in [0.4, 0.5) is 0 Å². The molecule has 0 aliphatic heterocycles. The summed E-state index contributed by atoms with van der Waals surface area (Å²) in [6, 6.07) is 9.21. The number of benzene rings is 1. The van der Waals surface area contributed by atoms with Crippen LogP contribution in [0.3, 0.4) is 0 Å². The van der Waals surface area contributed by atoms with Gasteiger partial charge >= 0.3 is 5.97 Å². The molecule has 0 saturated carbocycles. The van der Waals surface area contributed by atoms with Gasteiger partial charge in [0.2, 0.25) is 0 Å². The average Bonchev–Trinajstić information content (AvgIpc) is 2.27. The minimum Gasteiger partial charge on any atom is -0.481 e. The Morgan fingerprint density at radius 2 is 1.94 bits per heavy atom. The van der Waals surface area contributed by atoms with Crippen molar-refractivity contribution in [3.63, 3.8) is 0 Å². The Bertz CT molecular complexity index is 351. The van der Waals surface area contributed by atoms with Gasteiger partial charge in [-0.3, -0.25) is 4.79 Å². The van der Waals surface area contributed by atoms with E-state index in [1.807, 2.05) is 30.3 Å². The number of rotatable bonds is 6. The zero-order valence-corrected chi connectivity index (χ0v) is 10.2. The van der Waals surface area contributed by atoms with Crippen molar-refractivity contribution in [3.8, 4) is 0 Å². The Morgan fingerprint density at radius 3 is 2.41 bits per heavy atom. The standard InChI is InChI=1S/C13H19NO3/c1-9(14)12(13(15)16)10(2)17-8-11-6-4-3-5-7-11/h3-7,9-10,12H,8,14H2,1-2H3,(H,15,16)/t9-,10+,12+/m1/s1. The van der Waals surface area contributed by atoms with Crippen molar-refractivity contribution in [2.45, 2.75) is 32.6 Å². The molecule has 0 heterocycles. The third-order valence-corrected chi connectivity index (χ3v) is 2.71. The normalized spacial score (nSPS) is 16.2. The van der Waals surface area contributed by atoms with E-state index in [1.165, 1.54) is 0 Å². The van der Waals surface area contributed by atoms with Gasteiger partial charge in [0, 0.05) is 6.04 Å². The number of carboxylic acid groups (broad SMARTS) is 1. The van der Waals surface area contributed by atoms with Crippen LogP contribution >= 0.6 is 0 Å². The second kappa shape index (κ2) is 6.37. The fourth-order valence-electron chi connectivity index (χ4n) is 1.76. The number of nitrogens with two attached hydrogens (primary N) is 1. The molecule has 0 unspecified atom stereocenters. The Morgan fingerprint density at radius 1 is 1.35 bits per heavy atom. The van der Waals surface area contributed by atoms with E-state index in [4.69, 9.17) is 15.6 Å². The van der Waals surface area contributed by atoms with Gasteiger partial charge in [-0.25, -0.2) is 0 Å². The molecule has 3 N–H and O–H groups in total. The number of hydrogen-bond acceptors (Lipinski definition) is 3. The van der Waals surface area contributed by atoms with Gasteiger partial charge in [-0.1, -0.05) is 30.3 Å². The summed E-state index contributed by atoms with van der Waals surface area (Å²) in [6.45, 7) is 3.82. The first-order valence-corrected chi connectivity index (χ1v) is 5.66. The molecular weight excluding hydrogens is 218 g/mol. The summed E-state index contributed by atoms with van der Waals surface area (Å²) < 4.78 is 5.55. The maximum atomic E-state index is 11.0. The molecule has 0 bridgehead atoms. The molecule has 3 atom stereocenters. The number of carbonyl (C=O) groups is 1. The van der Waals surface area contributed by atoms with Crippen LogP contribution in [-0.4, -0.2) is 23.2 Å². The third-order valence-electron chi connectivity index (χ3n) is 2.71. The fraction of sp³-hybridized carbons (Fsp3) is 0.462. The zero-order valence-electron chi connectivity index (χ0n) is 10.2. The van der Waals surface area contributed by atoms with Crippen molar-refractivity contribution >= 4 is 5.97 Å². The summed E-state index contributed by atoms with van der Waals surface area (Å²) in [7, 11) is 0. The van der Waals surface area contributed by atoms with Crippen molar-refractivity contribution < 1.29 is 14.6 Å². The molecule has 94 valence electrons. The van der Waals surface area contributed by atoms with Crippen LogP contribution < -0.4 is 5.73 Å². The topological polar surface area (TPSA) is 72.5 Å². The number of hydrogen-bond donors (Lipinski definition) is 2. The summed E-state index contributed by atoms with van der Waals surface area (Å²) >= 11 is 0. The molecule has 1 rings (SSSR count). The molecule has 0 spiro atoms. The molecule has 0 aromatic heterocycles. The van der Waals surface area contributed by atoms with Gasteiger partial charge in [-0.05, 0) is 19.4 Å². The minimum atomic E-state index is -0.916. The van der Waals surface area contributed by atoms with Gasteiger partial charge in [0.15, 0.2) is 0 Å². The number of aliphatic carboxylic acids is 1. The second-order valence-electron chi connectivity index (χ2n) is 4.22. The molecule has 0 saturated heterocycles. The zero-order chi connectivity index (χ0) is 12.8. The van der Waals surface area contributed by atoms with Crippen LogP contribution in [-0.2, 0) is 16.1 Å². The SMILES string of the molecule is C[C@H](OCc1ccccc1)[C@@H](C(=O)O)[C@@H](C)N. The molecule has 0 aliphatic rings. The molecule has 4 heteroatoms. The Kier molecular flexibility index (Phi) is 5.12. The van der Waals surface area contributed by atoms with Gasteiger partial charge in [0.1, 0.15) is 0 Å². The maximum Gasteiger partial charge on any atom is 0.310 e. The Hall–Kier alpha value is -1.39. The van der Waals surface area contributed by atoms with E-state index in [9.17, 15) is 4.79 Å². The summed E-state index contributed by atoms with van der Waals surface area (Å²) in [4.78, 5) is 11.0. The molecule has 1 aromatic carbocycles. The molecular formula is C13H19NO3. The monoisotopic (exact) mass is 237 g/mol. The van der Waals surface area contributed by atoms with Crippen molar-refractivity contribution in [2.24, 2.45) is 11.7 Å². The van der Waals surface area contributed by atoms with E-state index in [-0.39, 0.29) is 0 Å². The van der Waals surface area contributed by atoms with Crippen LogP contribution in [0.2, 0.25) is 0 Å².